The summed E-state index contributed by atoms with van der Waals surface area (Å²) in [5, 5.41) is 5.59. The summed E-state index contributed by atoms with van der Waals surface area (Å²) in [7, 11) is -3.23. The minimum absolute atomic E-state index is 0.0126. The number of carbonyl (C=O) groups excluding carboxylic acids is 1. The lowest BCUT2D eigenvalue weighted by atomic mass is 10.1. The molecule has 1 aliphatic heterocycles. The normalized spacial score (nSPS) is 18.0. The summed E-state index contributed by atoms with van der Waals surface area (Å²) in [6.07, 6.45) is 0.243. The third-order valence-electron chi connectivity index (χ3n) is 3.43. The zero-order valence-electron chi connectivity index (χ0n) is 11.8. The predicted molar refractivity (Wildman–Crippen MR) is 84.1 cm³/mol. The standard InChI is InChI=1S/C15H13NO4S2/c1-10-4-2-3-5-11(10)14(17)20-16-13-7-9-22(18,19)15-12(13)6-8-21-15/h2-6,8H,7,9H2,1H3/b16-13-. The lowest BCUT2D eigenvalue weighted by Gasteiger charge is -2.13. The van der Waals surface area contributed by atoms with E-state index in [9.17, 15) is 13.2 Å². The van der Waals surface area contributed by atoms with Crippen LogP contribution in [0.2, 0.25) is 0 Å². The zero-order chi connectivity index (χ0) is 15.7. The van der Waals surface area contributed by atoms with Crippen LogP contribution < -0.4 is 0 Å². The quantitative estimate of drug-likeness (QED) is 0.625. The van der Waals surface area contributed by atoms with Gasteiger partial charge in [0.25, 0.3) is 0 Å². The van der Waals surface area contributed by atoms with Crippen LogP contribution >= 0.6 is 11.3 Å². The molecule has 0 bridgehead atoms. The van der Waals surface area contributed by atoms with Crippen LogP contribution in [0.4, 0.5) is 0 Å². The topological polar surface area (TPSA) is 72.8 Å². The molecule has 7 heteroatoms. The SMILES string of the molecule is Cc1ccccc1C(=O)O/N=C1/CCS(=O)(=O)c2sccc21. The third-order valence-corrected chi connectivity index (χ3v) is 6.72. The molecule has 114 valence electrons. The first-order chi connectivity index (χ1) is 10.5. The van der Waals surface area contributed by atoms with Gasteiger partial charge in [-0.1, -0.05) is 23.4 Å². The largest absolute Gasteiger partial charge is 0.366 e. The average Bonchev–Trinajstić information content (AvgIpc) is 2.98. The summed E-state index contributed by atoms with van der Waals surface area (Å²) in [6, 6.07) is 8.76. The number of hydrogen-bond acceptors (Lipinski definition) is 6. The molecule has 2 aromatic rings. The third kappa shape index (κ3) is 2.69. The predicted octanol–water partition coefficient (Wildman–Crippen LogP) is 2.80. The second-order valence-electron chi connectivity index (χ2n) is 4.92. The van der Waals surface area contributed by atoms with Crippen molar-refractivity contribution in [1.29, 1.82) is 0 Å². The van der Waals surface area contributed by atoms with Crippen LogP contribution in [-0.2, 0) is 14.7 Å². The first kappa shape index (κ1) is 14.9. The summed E-state index contributed by atoms with van der Waals surface area (Å²) in [5.41, 5.74) is 2.28. The van der Waals surface area contributed by atoms with E-state index < -0.39 is 15.8 Å². The van der Waals surface area contributed by atoms with Crippen LogP contribution in [0.5, 0.6) is 0 Å². The van der Waals surface area contributed by atoms with Crippen LogP contribution in [0, 0.1) is 6.92 Å². The lowest BCUT2D eigenvalue weighted by Crippen LogP contribution is -2.20. The number of carbonyl (C=O) groups is 1. The minimum atomic E-state index is -3.23. The highest BCUT2D eigenvalue weighted by Crippen LogP contribution is 2.30. The van der Waals surface area contributed by atoms with Crippen LogP contribution in [0.3, 0.4) is 0 Å². The molecule has 0 amide bonds. The first-order valence-corrected chi connectivity index (χ1v) is 9.17. The molecule has 0 N–H and O–H groups in total. The summed E-state index contributed by atoms with van der Waals surface area (Å²) in [5.74, 6) is -0.558. The molecular weight excluding hydrogens is 322 g/mol. The molecule has 0 saturated carbocycles. The van der Waals surface area contributed by atoms with Crippen molar-refractivity contribution in [2.45, 2.75) is 17.6 Å². The van der Waals surface area contributed by atoms with Crippen LogP contribution in [-0.4, -0.2) is 25.9 Å². The Labute approximate surface area is 132 Å². The van der Waals surface area contributed by atoms with Gasteiger partial charge < -0.3 is 4.84 Å². The fourth-order valence-corrected chi connectivity index (χ4v) is 5.06. The maximum atomic E-state index is 12.0. The summed E-state index contributed by atoms with van der Waals surface area (Å²) in [4.78, 5) is 17.0. The number of fused-ring (bicyclic) bond motifs is 1. The highest BCUT2D eigenvalue weighted by atomic mass is 32.2. The second kappa shape index (κ2) is 5.66. The lowest BCUT2D eigenvalue weighted by molar-refractivity contribution is 0.0515. The van der Waals surface area contributed by atoms with Gasteiger partial charge in [0.15, 0.2) is 9.84 Å². The van der Waals surface area contributed by atoms with Crippen molar-refractivity contribution in [3.05, 3.63) is 52.4 Å². The number of sulfone groups is 1. The van der Waals surface area contributed by atoms with Crippen LogP contribution in [0.1, 0.15) is 27.9 Å². The van der Waals surface area contributed by atoms with E-state index in [2.05, 4.69) is 5.16 Å². The first-order valence-electron chi connectivity index (χ1n) is 6.63. The van der Waals surface area contributed by atoms with Crippen molar-refractivity contribution in [2.75, 3.05) is 5.75 Å². The van der Waals surface area contributed by atoms with Crippen molar-refractivity contribution in [3.8, 4) is 0 Å². The second-order valence-corrected chi connectivity index (χ2v) is 8.14. The Bertz CT molecular complexity index is 865. The van der Waals surface area contributed by atoms with Gasteiger partial charge in [0.05, 0.1) is 17.0 Å². The molecule has 3 rings (SSSR count). The molecule has 1 aromatic carbocycles. The maximum Gasteiger partial charge on any atom is 0.366 e. The summed E-state index contributed by atoms with van der Waals surface area (Å²) >= 11 is 1.16. The Kier molecular flexibility index (Phi) is 3.84. The van der Waals surface area contributed by atoms with Crippen LogP contribution in [0.25, 0.3) is 0 Å². The fraction of sp³-hybridized carbons (Fsp3) is 0.200. The van der Waals surface area contributed by atoms with E-state index in [0.717, 1.165) is 16.9 Å². The van der Waals surface area contributed by atoms with E-state index in [1.807, 2.05) is 19.1 Å². The van der Waals surface area contributed by atoms with Crippen molar-refractivity contribution in [3.63, 3.8) is 0 Å². The van der Waals surface area contributed by atoms with Gasteiger partial charge in [-0.3, -0.25) is 0 Å². The molecular formula is C15H13NO4S2. The summed E-state index contributed by atoms with van der Waals surface area (Å²) in [6.45, 7) is 1.81. The molecule has 22 heavy (non-hydrogen) atoms. The number of oxime groups is 1. The number of thiophene rings is 1. The Balaban J connectivity index is 1.86. The van der Waals surface area contributed by atoms with E-state index in [1.54, 1.807) is 23.6 Å². The van der Waals surface area contributed by atoms with E-state index >= 15 is 0 Å². The molecule has 0 unspecified atom stereocenters. The average molecular weight is 335 g/mol. The van der Waals surface area contributed by atoms with Gasteiger partial charge in [-0.2, -0.15) is 0 Å². The minimum Gasteiger partial charge on any atom is -0.313 e. The molecule has 0 atom stereocenters. The molecule has 1 aliphatic rings. The molecule has 0 spiro atoms. The molecule has 0 radical (unpaired) electrons. The van der Waals surface area contributed by atoms with Gasteiger partial charge in [0, 0.05) is 12.0 Å². The van der Waals surface area contributed by atoms with Crippen molar-refractivity contribution >= 4 is 32.9 Å². The van der Waals surface area contributed by atoms with Gasteiger partial charge in [-0.25, -0.2) is 13.2 Å². The number of aryl methyl sites for hydroxylation is 1. The number of benzene rings is 1. The molecule has 0 aliphatic carbocycles. The highest BCUT2D eigenvalue weighted by molar-refractivity contribution is 7.93. The fourth-order valence-electron chi connectivity index (χ4n) is 2.25. The molecule has 5 nitrogen and oxygen atoms in total. The monoisotopic (exact) mass is 335 g/mol. The van der Waals surface area contributed by atoms with E-state index in [1.165, 1.54) is 0 Å². The van der Waals surface area contributed by atoms with Gasteiger partial charge in [0.1, 0.15) is 4.21 Å². The molecule has 0 fully saturated rings. The Morgan fingerprint density at radius 3 is 2.82 bits per heavy atom. The molecule has 1 aromatic heterocycles. The van der Waals surface area contributed by atoms with Crippen LogP contribution in [0.15, 0.2) is 45.1 Å². The number of nitrogens with zero attached hydrogens (tertiary/aromatic N) is 1. The summed E-state index contributed by atoms with van der Waals surface area (Å²) < 4.78 is 24.2. The number of hydrogen-bond donors (Lipinski definition) is 0. The highest BCUT2D eigenvalue weighted by Gasteiger charge is 2.29. The Morgan fingerprint density at radius 1 is 1.27 bits per heavy atom. The molecule has 2 heterocycles. The maximum absolute atomic E-state index is 12.0. The Hall–Kier alpha value is -1.99. The zero-order valence-corrected chi connectivity index (χ0v) is 13.4. The van der Waals surface area contributed by atoms with Crippen molar-refractivity contribution in [2.24, 2.45) is 5.16 Å². The van der Waals surface area contributed by atoms with Gasteiger partial charge in [0.2, 0.25) is 0 Å². The van der Waals surface area contributed by atoms with Gasteiger partial charge >= 0.3 is 5.97 Å². The van der Waals surface area contributed by atoms with E-state index in [0.29, 0.717) is 21.0 Å². The number of rotatable bonds is 2. The van der Waals surface area contributed by atoms with E-state index in [4.69, 9.17) is 4.84 Å². The Morgan fingerprint density at radius 2 is 2.05 bits per heavy atom. The van der Waals surface area contributed by atoms with Gasteiger partial charge in [-0.15, -0.1) is 11.3 Å². The molecule has 0 saturated heterocycles. The smallest absolute Gasteiger partial charge is 0.313 e. The van der Waals surface area contributed by atoms with E-state index in [-0.39, 0.29) is 12.2 Å². The van der Waals surface area contributed by atoms with Gasteiger partial charge in [-0.05, 0) is 30.0 Å². The van der Waals surface area contributed by atoms with Crippen molar-refractivity contribution in [1.82, 2.24) is 0 Å². The van der Waals surface area contributed by atoms with Crippen molar-refractivity contribution < 1.29 is 18.0 Å².